The number of hydrogen-bond acceptors (Lipinski definition) is 8. The van der Waals surface area contributed by atoms with Gasteiger partial charge in [0.15, 0.2) is 0 Å². The third kappa shape index (κ3) is 5.28. The standard InChI is InChI=1S/C24H22N4O7S/c1-34-19-11-16(12-20(13-19)35-2)15-36(32,33)24-26-21-5-3-4-6-22(21)27(24)14-23(29)25-17-7-9-18(10-8-17)28(30)31/h3-13H,14-15H2,1-2H3,(H,25,29). The van der Waals surface area contributed by atoms with E-state index in [9.17, 15) is 23.3 Å². The SMILES string of the molecule is COc1cc(CS(=O)(=O)c2nc3ccccc3n2CC(=O)Nc2ccc([N+](=O)[O-])cc2)cc(OC)c1. The molecule has 0 fully saturated rings. The fourth-order valence-corrected chi connectivity index (χ4v) is 5.16. The van der Waals surface area contributed by atoms with Gasteiger partial charge in [0.05, 0.1) is 35.9 Å². The maximum atomic E-state index is 13.5. The van der Waals surface area contributed by atoms with Gasteiger partial charge < -0.3 is 19.4 Å². The number of methoxy groups -OCH3 is 2. The molecule has 1 heterocycles. The first kappa shape index (κ1) is 24.7. The van der Waals surface area contributed by atoms with Crippen LogP contribution in [0.5, 0.6) is 11.5 Å². The lowest BCUT2D eigenvalue weighted by Crippen LogP contribution is -2.22. The van der Waals surface area contributed by atoms with E-state index < -0.39 is 26.4 Å². The summed E-state index contributed by atoms with van der Waals surface area (Å²) in [6.07, 6.45) is 0. The van der Waals surface area contributed by atoms with Crippen molar-refractivity contribution in [2.24, 2.45) is 0 Å². The molecule has 3 aromatic carbocycles. The molecule has 0 aliphatic heterocycles. The number of nitro benzene ring substituents is 1. The highest BCUT2D eigenvalue weighted by atomic mass is 32.2. The van der Waals surface area contributed by atoms with Crippen molar-refractivity contribution in [3.8, 4) is 11.5 Å². The summed E-state index contributed by atoms with van der Waals surface area (Å²) in [6.45, 7) is -0.340. The molecule has 1 N–H and O–H groups in total. The number of imidazole rings is 1. The number of ether oxygens (including phenoxy) is 2. The molecule has 0 unspecified atom stereocenters. The van der Waals surface area contributed by atoms with Crippen LogP contribution in [0.3, 0.4) is 0 Å². The number of benzene rings is 3. The van der Waals surface area contributed by atoms with Gasteiger partial charge in [-0.1, -0.05) is 12.1 Å². The molecule has 0 spiro atoms. The number of amides is 1. The van der Waals surface area contributed by atoms with Crippen molar-refractivity contribution in [3.05, 3.63) is 82.4 Å². The summed E-state index contributed by atoms with van der Waals surface area (Å²) in [7, 11) is -1.07. The molecule has 1 aromatic heterocycles. The van der Waals surface area contributed by atoms with Crippen LogP contribution in [0.1, 0.15) is 5.56 Å². The third-order valence-electron chi connectivity index (χ3n) is 5.33. The Bertz CT molecular complexity index is 1520. The van der Waals surface area contributed by atoms with E-state index in [2.05, 4.69) is 10.3 Å². The Kier molecular flexibility index (Phi) is 6.88. The van der Waals surface area contributed by atoms with E-state index in [1.165, 1.54) is 43.1 Å². The average Bonchev–Trinajstić information content (AvgIpc) is 3.23. The fraction of sp³-hybridized carbons (Fsp3) is 0.167. The van der Waals surface area contributed by atoms with Gasteiger partial charge in [0.25, 0.3) is 5.69 Å². The largest absolute Gasteiger partial charge is 0.497 e. The van der Waals surface area contributed by atoms with Gasteiger partial charge >= 0.3 is 0 Å². The topological polar surface area (TPSA) is 143 Å². The summed E-state index contributed by atoms with van der Waals surface area (Å²) in [5.74, 6) is -0.0361. The maximum Gasteiger partial charge on any atom is 0.269 e. The zero-order chi connectivity index (χ0) is 25.9. The van der Waals surface area contributed by atoms with Crippen molar-refractivity contribution < 1.29 is 27.6 Å². The van der Waals surface area contributed by atoms with Crippen LogP contribution in [0.15, 0.2) is 71.9 Å². The van der Waals surface area contributed by atoms with Crippen LogP contribution in [0.25, 0.3) is 11.0 Å². The Morgan fingerprint density at radius 1 is 1.03 bits per heavy atom. The first-order valence-corrected chi connectivity index (χ1v) is 12.3. The number of carbonyl (C=O) groups excluding carboxylic acids is 1. The van der Waals surface area contributed by atoms with Gasteiger partial charge in [-0.2, -0.15) is 0 Å². The van der Waals surface area contributed by atoms with E-state index in [4.69, 9.17) is 9.47 Å². The van der Waals surface area contributed by atoms with Gasteiger partial charge in [-0.3, -0.25) is 14.9 Å². The van der Waals surface area contributed by atoms with Crippen LogP contribution >= 0.6 is 0 Å². The Morgan fingerprint density at radius 2 is 1.67 bits per heavy atom. The lowest BCUT2D eigenvalue weighted by Gasteiger charge is -2.12. The second kappa shape index (κ2) is 10.0. The highest BCUT2D eigenvalue weighted by Gasteiger charge is 2.26. The minimum Gasteiger partial charge on any atom is -0.497 e. The van der Waals surface area contributed by atoms with Crippen molar-refractivity contribution >= 4 is 38.2 Å². The van der Waals surface area contributed by atoms with Gasteiger partial charge in [0.1, 0.15) is 18.0 Å². The zero-order valence-corrected chi connectivity index (χ0v) is 20.2. The fourth-order valence-electron chi connectivity index (χ4n) is 3.69. The highest BCUT2D eigenvalue weighted by Crippen LogP contribution is 2.27. The molecule has 0 radical (unpaired) electrons. The van der Waals surface area contributed by atoms with Gasteiger partial charge in [0, 0.05) is 23.9 Å². The van der Waals surface area contributed by atoms with E-state index in [1.807, 2.05) is 0 Å². The Hall–Kier alpha value is -4.45. The molecular weight excluding hydrogens is 488 g/mol. The monoisotopic (exact) mass is 510 g/mol. The van der Waals surface area contributed by atoms with Crippen molar-refractivity contribution in [1.82, 2.24) is 9.55 Å². The molecule has 11 nitrogen and oxygen atoms in total. The number of anilines is 1. The zero-order valence-electron chi connectivity index (χ0n) is 19.4. The van der Waals surface area contributed by atoms with Crippen LogP contribution in [0.4, 0.5) is 11.4 Å². The lowest BCUT2D eigenvalue weighted by atomic mass is 10.2. The normalized spacial score (nSPS) is 11.3. The minimum absolute atomic E-state index is 0.115. The molecule has 0 aliphatic carbocycles. The number of nitrogens with zero attached hydrogens (tertiary/aromatic N) is 3. The Balaban J connectivity index is 1.66. The predicted octanol–water partition coefficient (Wildman–Crippen LogP) is 3.57. The Morgan fingerprint density at radius 3 is 2.28 bits per heavy atom. The number of fused-ring (bicyclic) bond motifs is 1. The van der Waals surface area contributed by atoms with E-state index in [-0.39, 0.29) is 17.4 Å². The van der Waals surface area contributed by atoms with Crippen molar-refractivity contribution in [1.29, 1.82) is 0 Å². The van der Waals surface area contributed by atoms with E-state index in [0.29, 0.717) is 33.8 Å². The van der Waals surface area contributed by atoms with Crippen LogP contribution in [0.2, 0.25) is 0 Å². The number of aromatic nitrogens is 2. The number of non-ortho nitro benzene ring substituents is 1. The van der Waals surface area contributed by atoms with Crippen LogP contribution < -0.4 is 14.8 Å². The molecule has 0 saturated carbocycles. The molecule has 4 rings (SSSR count). The number of sulfone groups is 1. The average molecular weight is 511 g/mol. The number of nitrogens with one attached hydrogen (secondary N) is 1. The van der Waals surface area contributed by atoms with Gasteiger partial charge in [-0.05, 0) is 42.0 Å². The minimum atomic E-state index is -4.00. The number of rotatable bonds is 9. The van der Waals surface area contributed by atoms with E-state index in [1.54, 1.807) is 42.5 Å². The molecule has 186 valence electrons. The van der Waals surface area contributed by atoms with Gasteiger partial charge in [-0.25, -0.2) is 13.4 Å². The Labute approximate surface area is 206 Å². The smallest absolute Gasteiger partial charge is 0.269 e. The van der Waals surface area contributed by atoms with E-state index in [0.717, 1.165) is 0 Å². The second-order valence-corrected chi connectivity index (χ2v) is 9.68. The quantitative estimate of drug-likeness (QED) is 0.266. The molecule has 0 aliphatic rings. The second-order valence-electron chi connectivity index (χ2n) is 7.80. The van der Waals surface area contributed by atoms with Gasteiger partial charge in [-0.15, -0.1) is 0 Å². The number of carbonyl (C=O) groups is 1. The lowest BCUT2D eigenvalue weighted by molar-refractivity contribution is -0.384. The number of para-hydroxylation sites is 2. The summed E-state index contributed by atoms with van der Waals surface area (Å²) in [4.78, 5) is 27.4. The highest BCUT2D eigenvalue weighted by molar-refractivity contribution is 7.90. The molecule has 36 heavy (non-hydrogen) atoms. The molecule has 12 heteroatoms. The number of hydrogen-bond donors (Lipinski definition) is 1. The van der Waals surface area contributed by atoms with E-state index >= 15 is 0 Å². The molecule has 0 atom stereocenters. The summed E-state index contributed by atoms with van der Waals surface area (Å²) < 4.78 is 38.7. The summed E-state index contributed by atoms with van der Waals surface area (Å²) >= 11 is 0. The maximum absolute atomic E-state index is 13.5. The molecular formula is C24H22N4O7S. The molecule has 1 amide bonds. The van der Waals surface area contributed by atoms with Crippen molar-refractivity contribution in [3.63, 3.8) is 0 Å². The van der Waals surface area contributed by atoms with Crippen LogP contribution in [-0.4, -0.2) is 43.0 Å². The summed E-state index contributed by atoms with van der Waals surface area (Å²) in [6, 6.07) is 16.9. The van der Waals surface area contributed by atoms with Gasteiger partial charge in [0.2, 0.25) is 20.9 Å². The summed E-state index contributed by atoms with van der Waals surface area (Å²) in [5, 5.41) is 13.2. The third-order valence-corrected chi connectivity index (χ3v) is 6.91. The van der Waals surface area contributed by atoms with Crippen molar-refractivity contribution in [2.45, 2.75) is 17.5 Å². The van der Waals surface area contributed by atoms with Crippen LogP contribution in [0, 0.1) is 10.1 Å². The molecule has 4 aromatic rings. The van der Waals surface area contributed by atoms with Crippen molar-refractivity contribution in [2.75, 3.05) is 19.5 Å². The predicted molar refractivity (Wildman–Crippen MR) is 132 cm³/mol. The molecule has 0 bridgehead atoms. The first-order chi connectivity index (χ1) is 17.2. The van der Waals surface area contributed by atoms with Crippen LogP contribution in [-0.2, 0) is 26.9 Å². The first-order valence-electron chi connectivity index (χ1n) is 10.6. The molecule has 0 saturated heterocycles. The summed E-state index contributed by atoms with van der Waals surface area (Å²) in [5.41, 5.74) is 1.54. The number of nitro groups is 1.